The van der Waals surface area contributed by atoms with Crippen LogP contribution in [0.15, 0.2) is 127 Å². The Hall–Kier alpha value is -5.28. The Morgan fingerprint density at radius 3 is 2.53 bits per heavy atom. The summed E-state index contributed by atoms with van der Waals surface area (Å²) in [4.78, 5) is 4.44. The maximum atomic E-state index is 4.44. The Labute approximate surface area is 253 Å². The second kappa shape index (κ2) is 11.2. The highest BCUT2D eigenvalue weighted by Crippen LogP contribution is 2.49. The summed E-state index contributed by atoms with van der Waals surface area (Å²) in [5, 5.41) is 5.83. The lowest BCUT2D eigenvalue weighted by atomic mass is 9.85. The molecule has 0 atom stereocenters. The Balaban J connectivity index is 1.37. The van der Waals surface area contributed by atoms with Gasteiger partial charge >= 0.3 is 0 Å². The van der Waals surface area contributed by atoms with Crippen molar-refractivity contribution < 1.29 is 0 Å². The van der Waals surface area contributed by atoms with Gasteiger partial charge in [-0.2, -0.15) is 4.58 Å². The molecular formula is C40H34N3+. The first kappa shape index (κ1) is 26.6. The zero-order valence-electron chi connectivity index (χ0n) is 24.6. The van der Waals surface area contributed by atoms with Gasteiger partial charge in [-0.05, 0) is 83.8 Å². The van der Waals surface area contributed by atoms with Crippen LogP contribution in [0.4, 0.5) is 11.4 Å². The van der Waals surface area contributed by atoms with Gasteiger partial charge in [-0.25, -0.2) is 0 Å². The van der Waals surface area contributed by atoms with Crippen LogP contribution in [0.2, 0.25) is 0 Å². The molecule has 0 radical (unpaired) electrons. The van der Waals surface area contributed by atoms with Crippen molar-refractivity contribution in [2.45, 2.75) is 19.8 Å². The van der Waals surface area contributed by atoms with Crippen LogP contribution < -0.4 is 9.89 Å². The van der Waals surface area contributed by atoms with Gasteiger partial charge in [0.05, 0.1) is 22.2 Å². The van der Waals surface area contributed by atoms with Crippen LogP contribution in [0.3, 0.4) is 0 Å². The molecule has 0 amide bonds. The predicted molar refractivity (Wildman–Crippen MR) is 187 cm³/mol. The molecule has 208 valence electrons. The normalized spacial score (nSPS) is 16.0. The quantitative estimate of drug-likeness (QED) is 0.157. The molecular weight excluding hydrogens is 522 g/mol. The van der Waals surface area contributed by atoms with Gasteiger partial charge < -0.3 is 5.32 Å². The van der Waals surface area contributed by atoms with E-state index in [2.05, 4.69) is 131 Å². The van der Waals surface area contributed by atoms with E-state index in [1.165, 1.54) is 61.1 Å². The van der Waals surface area contributed by atoms with E-state index in [4.69, 9.17) is 0 Å². The third-order valence-electron chi connectivity index (χ3n) is 8.53. The minimum atomic E-state index is 1.03. The van der Waals surface area contributed by atoms with Gasteiger partial charge in [0.15, 0.2) is 6.21 Å². The van der Waals surface area contributed by atoms with Gasteiger partial charge in [-0.1, -0.05) is 73.4 Å². The Kier molecular flexibility index (Phi) is 6.92. The molecule has 2 aliphatic heterocycles. The largest absolute Gasteiger partial charge is 0.388 e. The number of allylic oxidation sites excluding steroid dienone is 8. The number of aliphatic imine (C=N–C) groups is 1. The van der Waals surface area contributed by atoms with E-state index in [0.29, 0.717) is 0 Å². The molecule has 1 N–H and O–H groups in total. The van der Waals surface area contributed by atoms with E-state index >= 15 is 0 Å². The third-order valence-corrected chi connectivity index (χ3v) is 8.53. The van der Waals surface area contributed by atoms with Crippen LogP contribution in [-0.2, 0) is 6.42 Å². The van der Waals surface area contributed by atoms with Crippen molar-refractivity contribution in [2.24, 2.45) is 4.99 Å². The maximum absolute atomic E-state index is 4.44. The molecule has 0 aromatic heterocycles. The average molecular weight is 557 g/mol. The minimum absolute atomic E-state index is 1.03. The summed E-state index contributed by atoms with van der Waals surface area (Å²) in [5.41, 5.74) is 14.6. The molecule has 0 saturated carbocycles. The molecule has 3 aliphatic rings. The van der Waals surface area contributed by atoms with Crippen molar-refractivity contribution >= 4 is 45.8 Å². The van der Waals surface area contributed by atoms with E-state index in [-0.39, 0.29) is 0 Å². The molecule has 0 spiro atoms. The fourth-order valence-electron chi connectivity index (χ4n) is 6.46. The third kappa shape index (κ3) is 4.54. The Bertz CT molecular complexity index is 2020. The van der Waals surface area contributed by atoms with E-state index in [9.17, 15) is 0 Å². The van der Waals surface area contributed by atoms with Gasteiger partial charge in [-0.3, -0.25) is 4.99 Å². The zero-order valence-corrected chi connectivity index (χ0v) is 24.6. The van der Waals surface area contributed by atoms with Crippen molar-refractivity contribution in [1.29, 1.82) is 0 Å². The van der Waals surface area contributed by atoms with E-state index in [1.54, 1.807) is 0 Å². The predicted octanol–water partition coefficient (Wildman–Crippen LogP) is 9.55. The monoisotopic (exact) mass is 556 g/mol. The first-order chi connectivity index (χ1) is 21.2. The van der Waals surface area contributed by atoms with Crippen molar-refractivity contribution in [3.8, 4) is 22.3 Å². The molecule has 0 unspecified atom stereocenters. The van der Waals surface area contributed by atoms with Crippen LogP contribution in [0, 0.1) is 0 Å². The van der Waals surface area contributed by atoms with Crippen LogP contribution in [0.1, 0.15) is 35.6 Å². The fourth-order valence-corrected chi connectivity index (χ4v) is 6.46. The second-order valence-corrected chi connectivity index (χ2v) is 10.9. The van der Waals surface area contributed by atoms with Gasteiger partial charge in [0.2, 0.25) is 11.4 Å². The highest BCUT2D eigenvalue weighted by atomic mass is 15.0. The highest BCUT2D eigenvalue weighted by molar-refractivity contribution is 6.15. The molecule has 2 heterocycles. The summed E-state index contributed by atoms with van der Waals surface area (Å²) >= 11 is 0. The first-order valence-electron chi connectivity index (χ1n) is 14.9. The van der Waals surface area contributed by atoms with Gasteiger partial charge in [0.1, 0.15) is 0 Å². The molecule has 3 heteroatoms. The van der Waals surface area contributed by atoms with E-state index in [1.807, 2.05) is 32.3 Å². The van der Waals surface area contributed by atoms with Gasteiger partial charge in [-0.15, -0.1) is 0 Å². The average Bonchev–Trinajstić information content (AvgIpc) is 3.33. The molecule has 4 aromatic carbocycles. The summed E-state index contributed by atoms with van der Waals surface area (Å²) < 4.78 is 2.34. The van der Waals surface area contributed by atoms with Crippen molar-refractivity contribution in [2.75, 3.05) is 7.05 Å². The molecule has 43 heavy (non-hydrogen) atoms. The second-order valence-electron chi connectivity index (χ2n) is 10.9. The summed E-state index contributed by atoms with van der Waals surface area (Å²) in [6.45, 7) is 5.95. The molecule has 0 bridgehead atoms. The maximum Gasteiger partial charge on any atom is 0.227 e. The summed E-state index contributed by atoms with van der Waals surface area (Å²) in [6.07, 6.45) is 25.0. The summed E-state index contributed by atoms with van der Waals surface area (Å²) in [5.74, 6) is 0. The Morgan fingerprint density at radius 2 is 1.74 bits per heavy atom. The lowest BCUT2D eigenvalue weighted by Gasteiger charge is -2.21. The lowest BCUT2D eigenvalue weighted by Crippen LogP contribution is -2.10. The fraction of sp³-hybridized carbons (Fsp3) is 0.100. The number of benzene rings is 4. The van der Waals surface area contributed by atoms with Crippen molar-refractivity contribution in [3.05, 3.63) is 144 Å². The van der Waals surface area contributed by atoms with Crippen LogP contribution in [-0.4, -0.2) is 19.0 Å². The van der Waals surface area contributed by atoms with Crippen LogP contribution in [0.25, 0.3) is 44.8 Å². The van der Waals surface area contributed by atoms with E-state index < -0.39 is 0 Å². The smallest absolute Gasteiger partial charge is 0.227 e. The number of fused-ring (bicyclic) bond motifs is 6. The number of hydrogen-bond acceptors (Lipinski definition) is 2. The standard InChI is InChI=1S/C40H34N3/c1-4-6-7-10-24-43-39-26-29(37-22-23-42-37)16-18-35(39)36-19-15-28-25-27(14-17-31(28)40(36)43)30-20-21-34(38(41-3)11-5-2)33-13-9-8-12-32(30)33/h4-8,10-12,14-26,41H,2,9,13H2,1,3H3/q+1/b6-4-,10-7-,38-11-,43-24?. The molecule has 1 aliphatic carbocycles. The highest BCUT2D eigenvalue weighted by Gasteiger charge is 2.34. The Morgan fingerprint density at radius 1 is 0.907 bits per heavy atom. The SMILES string of the molecule is C=C/C=C(\NC)c1ccc(-c2ccc3c4c(ccc3c2)-c2ccc(C3=NC=C3)cc2[N+]4=C/C=C\C=C/C)c2c1CCC=C2. The molecule has 0 saturated heterocycles. The molecule has 0 fully saturated rings. The number of nitrogens with one attached hydrogen (secondary N) is 1. The van der Waals surface area contributed by atoms with E-state index in [0.717, 1.165) is 29.8 Å². The minimum Gasteiger partial charge on any atom is -0.388 e. The summed E-state index contributed by atoms with van der Waals surface area (Å²) in [7, 11) is 1.98. The number of nitrogens with zero attached hydrogens (tertiary/aromatic N) is 2. The van der Waals surface area contributed by atoms with Gasteiger partial charge in [0, 0.05) is 42.2 Å². The summed E-state index contributed by atoms with van der Waals surface area (Å²) in [6, 6.07) is 22.7. The zero-order chi connectivity index (χ0) is 29.3. The number of rotatable bonds is 7. The van der Waals surface area contributed by atoms with Crippen LogP contribution >= 0.6 is 0 Å². The molecule has 3 nitrogen and oxygen atoms in total. The van der Waals surface area contributed by atoms with Crippen molar-refractivity contribution in [1.82, 2.24) is 9.89 Å². The van der Waals surface area contributed by atoms with Crippen LogP contribution in [0.5, 0.6) is 0 Å². The molecule has 7 rings (SSSR count). The topological polar surface area (TPSA) is 27.4 Å². The van der Waals surface area contributed by atoms with Crippen molar-refractivity contribution in [3.63, 3.8) is 0 Å². The number of hydrogen-bond donors (Lipinski definition) is 1. The lowest BCUT2D eigenvalue weighted by molar-refractivity contribution is 0.972. The first-order valence-corrected chi connectivity index (χ1v) is 14.9. The molecule has 4 aromatic rings. The van der Waals surface area contributed by atoms with Gasteiger partial charge in [0.25, 0.3) is 0 Å².